The van der Waals surface area contributed by atoms with Crippen LogP contribution in [0, 0.1) is 12.7 Å². The van der Waals surface area contributed by atoms with Crippen molar-refractivity contribution < 1.29 is 14.3 Å². The van der Waals surface area contributed by atoms with E-state index in [1.165, 1.54) is 12.1 Å². The first kappa shape index (κ1) is 24.8. The highest BCUT2D eigenvalue weighted by molar-refractivity contribution is 5.70. The maximum atomic E-state index is 13.6. The summed E-state index contributed by atoms with van der Waals surface area (Å²) in [6.07, 6.45) is 6.91. The fourth-order valence-electron chi connectivity index (χ4n) is 4.87. The second-order valence-electron chi connectivity index (χ2n) is 9.40. The molecule has 0 bridgehead atoms. The molecule has 1 aliphatic heterocycles. The molecule has 1 N–H and O–H groups in total. The second kappa shape index (κ2) is 11.4. The van der Waals surface area contributed by atoms with Gasteiger partial charge in [-0.3, -0.25) is 9.69 Å². The van der Waals surface area contributed by atoms with Gasteiger partial charge in [0.2, 0.25) is 5.95 Å². The van der Waals surface area contributed by atoms with E-state index in [2.05, 4.69) is 32.8 Å². The topological polar surface area (TPSA) is 69.6 Å². The van der Waals surface area contributed by atoms with Gasteiger partial charge in [-0.2, -0.15) is 0 Å². The predicted molar refractivity (Wildman–Crippen MR) is 136 cm³/mol. The molecule has 0 amide bonds. The van der Waals surface area contributed by atoms with Gasteiger partial charge in [0.1, 0.15) is 5.82 Å². The van der Waals surface area contributed by atoms with Crippen molar-refractivity contribution in [2.24, 2.45) is 0 Å². The summed E-state index contributed by atoms with van der Waals surface area (Å²) in [5.41, 5.74) is 4.66. The number of halogens is 1. The number of aromatic nitrogens is 2. The van der Waals surface area contributed by atoms with Gasteiger partial charge in [0, 0.05) is 50.2 Å². The molecule has 0 saturated carbocycles. The lowest BCUT2D eigenvalue weighted by Crippen LogP contribution is -2.53. The Labute approximate surface area is 206 Å². The number of aliphatic carboxylic acids is 1. The smallest absolute Gasteiger partial charge is 0.307 e. The summed E-state index contributed by atoms with van der Waals surface area (Å²) in [4.78, 5) is 25.2. The fourth-order valence-corrected chi connectivity index (χ4v) is 4.87. The molecule has 4 rings (SSSR count). The average Bonchev–Trinajstić information content (AvgIpc) is 2.82. The van der Waals surface area contributed by atoms with Crippen LogP contribution in [-0.2, 0) is 17.8 Å². The van der Waals surface area contributed by atoms with Crippen LogP contribution in [0.2, 0.25) is 0 Å². The molecule has 0 unspecified atom stereocenters. The van der Waals surface area contributed by atoms with Gasteiger partial charge in [-0.25, -0.2) is 14.4 Å². The highest BCUT2D eigenvalue weighted by Gasteiger charge is 2.28. The van der Waals surface area contributed by atoms with E-state index in [0.29, 0.717) is 12.0 Å². The summed E-state index contributed by atoms with van der Waals surface area (Å²) in [5, 5.41) is 9.17. The van der Waals surface area contributed by atoms with E-state index in [1.807, 2.05) is 25.1 Å². The number of unbranched alkanes of at least 4 members (excludes halogenated alkanes) is 1. The van der Waals surface area contributed by atoms with E-state index in [1.54, 1.807) is 18.5 Å². The molecule has 0 aliphatic carbocycles. The molecule has 6 nitrogen and oxygen atoms in total. The summed E-state index contributed by atoms with van der Waals surface area (Å²) in [6, 6.07) is 12.9. The molecule has 1 fully saturated rings. The van der Waals surface area contributed by atoms with Gasteiger partial charge < -0.3 is 10.0 Å². The maximum Gasteiger partial charge on any atom is 0.307 e. The van der Waals surface area contributed by atoms with Crippen molar-refractivity contribution in [3.63, 3.8) is 0 Å². The number of hydrogen-bond acceptors (Lipinski definition) is 5. The van der Waals surface area contributed by atoms with Gasteiger partial charge in [-0.05, 0) is 42.2 Å². The summed E-state index contributed by atoms with van der Waals surface area (Å²) >= 11 is 0. The van der Waals surface area contributed by atoms with Crippen molar-refractivity contribution in [2.75, 3.05) is 24.5 Å². The highest BCUT2D eigenvalue weighted by Crippen LogP contribution is 2.25. The quantitative estimate of drug-likeness (QED) is 0.463. The maximum absolute atomic E-state index is 13.6. The van der Waals surface area contributed by atoms with Gasteiger partial charge in [0.25, 0.3) is 0 Å². The van der Waals surface area contributed by atoms with Crippen LogP contribution in [0.3, 0.4) is 0 Å². The summed E-state index contributed by atoms with van der Waals surface area (Å²) in [7, 11) is 0. The Kier molecular flexibility index (Phi) is 8.08. The predicted octanol–water partition coefficient (Wildman–Crippen LogP) is 5.10. The van der Waals surface area contributed by atoms with Crippen LogP contribution >= 0.6 is 0 Å². The number of nitrogens with zero attached hydrogens (tertiary/aromatic N) is 4. The molecular formula is C28H33FN4O2. The van der Waals surface area contributed by atoms with Gasteiger partial charge in [0.15, 0.2) is 0 Å². The zero-order chi connectivity index (χ0) is 24.8. The highest BCUT2D eigenvalue weighted by atomic mass is 19.1. The number of benzene rings is 2. The molecule has 7 heteroatoms. The van der Waals surface area contributed by atoms with Crippen molar-refractivity contribution in [1.82, 2.24) is 14.9 Å². The van der Waals surface area contributed by atoms with Crippen molar-refractivity contribution in [2.45, 2.75) is 52.1 Å². The van der Waals surface area contributed by atoms with E-state index in [4.69, 9.17) is 0 Å². The SMILES string of the molecule is CCCC[C@H]1CN(Cc2cc(C)cc(CC(=O)O)c2)CCN1c1ncc(-c2cccc(F)c2)cn1. The third-order valence-corrected chi connectivity index (χ3v) is 6.47. The van der Waals surface area contributed by atoms with E-state index in [-0.39, 0.29) is 12.2 Å². The van der Waals surface area contributed by atoms with Crippen molar-refractivity contribution in [1.29, 1.82) is 0 Å². The molecule has 0 spiro atoms. The van der Waals surface area contributed by atoms with Crippen LogP contribution in [0.1, 0.15) is 42.9 Å². The second-order valence-corrected chi connectivity index (χ2v) is 9.40. The van der Waals surface area contributed by atoms with Crippen LogP contribution in [0.4, 0.5) is 10.3 Å². The van der Waals surface area contributed by atoms with Crippen molar-refractivity contribution in [3.05, 3.63) is 77.4 Å². The third-order valence-electron chi connectivity index (χ3n) is 6.47. The zero-order valence-electron chi connectivity index (χ0n) is 20.5. The Morgan fingerprint density at radius 2 is 1.86 bits per heavy atom. The normalized spacial score (nSPS) is 16.4. The molecule has 2 aromatic carbocycles. The monoisotopic (exact) mass is 476 g/mol. The van der Waals surface area contributed by atoms with Gasteiger partial charge in [-0.15, -0.1) is 0 Å². The number of rotatable bonds is 9. The number of carboxylic acid groups (broad SMARTS) is 1. The molecule has 1 saturated heterocycles. The van der Waals surface area contributed by atoms with Gasteiger partial charge >= 0.3 is 5.97 Å². The lowest BCUT2D eigenvalue weighted by atomic mass is 10.0. The Morgan fingerprint density at radius 1 is 1.09 bits per heavy atom. The lowest BCUT2D eigenvalue weighted by molar-refractivity contribution is -0.136. The van der Waals surface area contributed by atoms with E-state index in [0.717, 1.165) is 73.3 Å². The Bertz CT molecular complexity index is 1150. The van der Waals surface area contributed by atoms with E-state index < -0.39 is 5.97 Å². The summed E-state index contributed by atoms with van der Waals surface area (Å²) in [5.74, 6) is -0.366. The van der Waals surface area contributed by atoms with E-state index in [9.17, 15) is 14.3 Å². The number of carbonyl (C=O) groups is 1. The first-order chi connectivity index (χ1) is 16.9. The minimum absolute atomic E-state index is 0.0462. The Morgan fingerprint density at radius 3 is 2.57 bits per heavy atom. The molecule has 1 aromatic heterocycles. The van der Waals surface area contributed by atoms with Crippen LogP contribution < -0.4 is 4.90 Å². The molecule has 1 atom stereocenters. The number of anilines is 1. The number of piperazine rings is 1. The standard InChI is InChI=1S/C28H33FN4O2/c1-3-4-8-26-19-32(18-22-12-20(2)11-21(13-22)14-27(34)35)9-10-33(26)28-30-16-24(17-31-28)23-6-5-7-25(29)15-23/h5-7,11-13,15-17,26H,3-4,8-10,14,18-19H2,1-2H3,(H,34,35)/t26-/m0/s1. The Balaban J connectivity index is 1.47. The van der Waals surface area contributed by atoms with Gasteiger partial charge in [0.05, 0.1) is 6.42 Å². The summed E-state index contributed by atoms with van der Waals surface area (Å²) < 4.78 is 13.6. The van der Waals surface area contributed by atoms with Crippen LogP contribution in [0.15, 0.2) is 54.9 Å². The minimum Gasteiger partial charge on any atom is -0.481 e. The van der Waals surface area contributed by atoms with Crippen molar-refractivity contribution >= 4 is 11.9 Å². The van der Waals surface area contributed by atoms with Crippen molar-refractivity contribution in [3.8, 4) is 11.1 Å². The number of carboxylic acids is 1. The zero-order valence-corrected chi connectivity index (χ0v) is 20.5. The molecule has 1 aliphatic rings. The lowest BCUT2D eigenvalue weighted by Gasteiger charge is -2.41. The Hall–Kier alpha value is -3.32. The number of aryl methyl sites for hydroxylation is 1. The molecule has 184 valence electrons. The largest absolute Gasteiger partial charge is 0.481 e. The van der Waals surface area contributed by atoms with Gasteiger partial charge in [-0.1, -0.05) is 55.7 Å². The molecular weight excluding hydrogens is 443 g/mol. The fraction of sp³-hybridized carbons (Fsp3) is 0.393. The van der Waals surface area contributed by atoms with E-state index >= 15 is 0 Å². The third kappa shape index (κ3) is 6.63. The van der Waals surface area contributed by atoms with Crippen LogP contribution in [-0.4, -0.2) is 51.6 Å². The van der Waals surface area contributed by atoms with Crippen LogP contribution in [0.25, 0.3) is 11.1 Å². The summed E-state index contributed by atoms with van der Waals surface area (Å²) in [6.45, 7) is 7.61. The number of hydrogen-bond donors (Lipinski definition) is 1. The molecule has 35 heavy (non-hydrogen) atoms. The molecule has 2 heterocycles. The first-order valence-electron chi connectivity index (χ1n) is 12.3. The first-order valence-corrected chi connectivity index (χ1v) is 12.3. The average molecular weight is 477 g/mol. The molecule has 3 aromatic rings. The minimum atomic E-state index is -0.807. The van der Waals surface area contributed by atoms with Crippen LogP contribution in [0.5, 0.6) is 0 Å². The molecule has 0 radical (unpaired) electrons.